The molecular weight excluding hydrogens is 188 g/mol. The van der Waals surface area contributed by atoms with Crippen molar-refractivity contribution in [2.45, 2.75) is 12.6 Å². The predicted molar refractivity (Wildman–Crippen MR) is 46.4 cm³/mol. The number of amides is 1. The normalized spacial score (nSPS) is 12.4. The standard InChI is InChI=1S/C7H10N4O3/c8-4(7(13)14)3-11-2-1-5(10-11)6(9)12/h1-2,4H,3,8H2,(H2,9,12)(H,13,14). The van der Waals surface area contributed by atoms with Crippen LogP contribution in [0, 0.1) is 0 Å². The number of carboxylic acid groups (broad SMARTS) is 1. The Morgan fingerprint density at radius 2 is 2.29 bits per heavy atom. The highest BCUT2D eigenvalue weighted by Crippen LogP contribution is 1.95. The zero-order valence-electron chi connectivity index (χ0n) is 7.25. The number of rotatable bonds is 4. The van der Waals surface area contributed by atoms with Crippen LogP contribution in [0.3, 0.4) is 0 Å². The Kier molecular flexibility index (Phi) is 2.82. The number of primary amides is 1. The molecule has 1 amide bonds. The molecule has 1 unspecified atom stereocenters. The Morgan fingerprint density at radius 1 is 1.64 bits per heavy atom. The lowest BCUT2D eigenvalue weighted by molar-refractivity contribution is -0.138. The molecule has 0 aliphatic rings. The fraction of sp³-hybridized carbons (Fsp3) is 0.286. The van der Waals surface area contributed by atoms with E-state index in [0.29, 0.717) is 0 Å². The maximum Gasteiger partial charge on any atom is 0.322 e. The summed E-state index contributed by atoms with van der Waals surface area (Å²) in [5.74, 6) is -1.78. The first kappa shape index (κ1) is 10.2. The van der Waals surface area contributed by atoms with E-state index in [2.05, 4.69) is 5.10 Å². The van der Waals surface area contributed by atoms with Gasteiger partial charge in [-0.2, -0.15) is 5.10 Å². The van der Waals surface area contributed by atoms with E-state index in [1.54, 1.807) is 0 Å². The molecule has 0 saturated heterocycles. The highest BCUT2D eigenvalue weighted by molar-refractivity contribution is 5.90. The van der Waals surface area contributed by atoms with Crippen LogP contribution in [0.2, 0.25) is 0 Å². The molecule has 0 spiro atoms. The van der Waals surface area contributed by atoms with Gasteiger partial charge in [-0.25, -0.2) is 0 Å². The summed E-state index contributed by atoms with van der Waals surface area (Å²) in [4.78, 5) is 21.0. The summed E-state index contributed by atoms with van der Waals surface area (Å²) in [7, 11) is 0. The average molecular weight is 198 g/mol. The molecule has 1 atom stereocenters. The number of nitrogens with zero attached hydrogens (tertiary/aromatic N) is 2. The van der Waals surface area contributed by atoms with Crippen LogP contribution >= 0.6 is 0 Å². The van der Waals surface area contributed by atoms with Gasteiger partial charge in [-0.3, -0.25) is 14.3 Å². The highest BCUT2D eigenvalue weighted by atomic mass is 16.4. The molecule has 0 radical (unpaired) electrons. The average Bonchev–Trinajstić information content (AvgIpc) is 2.52. The molecule has 0 aromatic carbocycles. The zero-order chi connectivity index (χ0) is 10.7. The summed E-state index contributed by atoms with van der Waals surface area (Å²) in [6.07, 6.45) is 1.45. The summed E-state index contributed by atoms with van der Waals surface area (Å²) in [6.45, 7) is 0.00259. The molecule has 1 aromatic heterocycles. The van der Waals surface area contributed by atoms with Crippen molar-refractivity contribution in [3.63, 3.8) is 0 Å². The molecule has 7 heteroatoms. The van der Waals surface area contributed by atoms with Gasteiger partial charge in [0.25, 0.3) is 5.91 Å². The minimum atomic E-state index is -1.12. The Bertz CT molecular complexity index is 360. The van der Waals surface area contributed by atoms with Gasteiger partial charge in [0.2, 0.25) is 0 Å². The lowest BCUT2D eigenvalue weighted by atomic mass is 10.3. The summed E-state index contributed by atoms with van der Waals surface area (Å²) in [5.41, 5.74) is 10.3. The molecule has 14 heavy (non-hydrogen) atoms. The number of carboxylic acids is 1. The van der Waals surface area contributed by atoms with Crippen LogP contribution < -0.4 is 11.5 Å². The molecule has 0 saturated carbocycles. The van der Waals surface area contributed by atoms with E-state index in [-0.39, 0.29) is 12.2 Å². The van der Waals surface area contributed by atoms with E-state index in [9.17, 15) is 9.59 Å². The molecule has 0 bridgehead atoms. The molecular formula is C7H10N4O3. The number of aromatic nitrogens is 2. The topological polar surface area (TPSA) is 124 Å². The van der Waals surface area contributed by atoms with Crippen LogP contribution in [-0.2, 0) is 11.3 Å². The van der Waals surface area contributed by atoms with E-state index in [0.717, 1.165) is 0 Å². The first-order valence-electron chi connectivity index (χ1n) is 3.82. The van der Waals surface area contributed by atoms with Crippen molar-refractivity contribution in [1.82, 2.24) is 9.78 Å². The first-order chi connectivity index (χ1) is 6.50. The lowest BCUT2D eigenvalue weighted by Gasteiger charge is -2.05. The van der Waals surface area contributed by atoms with E-state index >= 15 is 0 Å². The predicted octanol–water partition coefficient (Wildman–Crippen LogP) is -1.61. The molecule has 1 rings (SSSR count). The number of hydrogen-bond acceptors (Lipinski definition) is 4. The Hall–Kier alpha value is -1.89. The smallest absolute Gasteiger partial charge is 0.322 e. The summed E-state index contributed by atoms with van der Waals surface area (Å²) < 4.78 is 1.26. The maximum atomic E-state index is 10.6. The second-order valence-corrected chi connectivity index (χ2v) is 2.73. The van der Waals surface area contributed by atoms with Crippen LogP contribution in [0.15, 0.2) is 12.3 Å². The third kappa shape index (κ3) is 2.30. The van der Waals surface area contributed by atoms with Gasteiger partial charge in [0.15, 0.2) is 0 Å². The number of aliphatic carboxylic acids is 1. The highest BCUT2D eigenvalue weighted by Gasteiger charge is 2.13. The van der Waals surface area contributed by atoms with Crippen LogP contribution in [0.1, 0.15) is 10.5 Å². The van der Waals surface area contributed by atoms with Gasteiger partial charge in [0.05, 0.1) is 6.54 Å². The quantitative estimate of drug-likeness (QED) is 0.537. The fourth-order valence-corrected chi connectivity index (χ4v) is 0.874. The van der Waals surface area contributed by atoms with Crippen LogP contribution in [0.4, 0.5) is 0 Å². The Morgan fingerprint density at radius 3 is 2.71 bits per heavy atom. The maximum absolute atomic E-state index is 10.6. The largest absolute Gasteiger partial charge is 0.480 e. The molecule has 0 fully saturated rings. The fourth-order valence-electron chi connectivity index (χ4n) is 0.874. The van der Waals surface area contributed by atoms with E-state index in [1.807, 2.05) is 0 Å². The monoisotopic (exact) mass is 198 g/mol. The lowest BCUT2D eigenvalue weighted by Crippen LogP contribution is -2.34. The van der Waals surface area contributed by atoms with Gasteiger partial charge in [-0.05, 0) is 6.07 Å². The number of carbonyl (C=O) groups is 2. The van der Waals surface area contributed by atoms with Crippen molar-refractivity contribution in [2.75, 3.05) is 0 Å². The van der Waals surface area contributed by atoms with Crippen molar-refractivity contribution in [3.8, 4) is 0 Å². The third-order valence-corrected chi connectivity index (χ3v) is 1.59. The minimum Gasteiger partial charge on any atom is -0.480 e. The first-order valence-corrected chi connectivity index (χ1v) is 3.82. The zero-order valence-corrected chi connectivity index (χ0v) is 7.25. The summed E-state index contributed by atoms with van der Waals surface area (Å²) in [6, 6.07) is 0.354. The third-order valence-electron chi connectivity index (χ3n) is 1.59. The van der Waals surface area contributed by atoms with Crippen LogP contribution in [0.25, 0.3) is 0 Å². The van der Waals surface area contributed by atoms with E-state index in [1.165, 1.54) is 16.9 Å². The molecule has 1 heterocycles. The molecule has 1 aromatic rings. The molecule has 0 aliphatic heterocycles. The van der Waals surface area contributed by atoms with Crippen molar-refractivity contribution >= 4 is 11.9 Å². The molecule has 5 N–H and O–H groups in total. The van der Waals surface area contributed by atoms with Gasteiger partial charge in [0.1, 0.15) is 11.7 Å². The van der Waals surface area contributed by atoms with Crippen molar-refractivity contribution in [3.05, 3.63) is 18.0 Å². The summed E-state index contributed by atoms with van der Waals surface area (Å²) in [5, 5.41) is 12.2. The van der Waals surface area contributed by atoms with Gasteiger partial charge >= 0.3 is 5.97 Å². The molecule has 76 valence electrons. The SMILES string of the molecule is NC(=O)c1ccn(CC(N)C(=O)O)n1. The number of carbonyl (C=O) groups excluding carboxylic acids is 1. The van der Waals surface area contributed by atoms with Crippen molar-refractivity contribution < 1.29 is 14.7 Å². The van der Waals surface area contributed by atoms with Crippen molar-refractivity contribution in [2.24, 2.45) is 11.5 Å². The van der Waals surface area contributed by atoms with Gasteiger partial charge < -0.3 is 16.6 Å². The number of hydrogen-bond donors (Lipinski definition) is 3. The van der Waals surface area contributed by atoms with Crippen molar-refractivity contribution in [1.29, 1.82) is 0 Å². The van der Waals surface area contributed by atoms with Crippen LogP contribution in [0.5, 0.6) is 0 Å². The molecule has 7 nitrogen and oxygen atoms in total. The van der Waals surface area contributed by atoms with Crippen LogP contribution in [-0.4, -0.2) is 32.8 Å². The minimum absolute atomic E-state index is 0.00259. The van der Waals surface area contributed by atoms with E-state index < -0.39 is 17.9 Å². The number of nitrogens with two attached hydrogens (primary N) is 2. The van der Waals surface area contributed by atoms with Gasteiger partial charge in [-0.1, -0.05) is 0 Å². The molecule has 0 aliphatic carbocycles. The summed E-state index contributed by atoms with van der Waals surface area (Å²) >= 11 is 0. The second kappa shape index (κ2) is 3.88. The van der Waals surface area contributed by atoms with E-state index in [4.69, 9.17) is 16.6 Å². The Labute approximate surface area is 79.3 Å². The second-order valence-electron chi connectivity index (χ2n) is 2.73. The van der Waals surface area contributed by atoms with Gasteiger partial charge in [-0.15, -0.1) is 0 Å². The Balaban J connectivity index is 2.69. The van der Waals surface area contributed by atoms with Gasteiger partial charge in [0, 0.05) is 6.20 Å².